The van der Waals surface area contributed by atoms with E-state index in [-0.39, 0.29) is 23.7 Å². The maximum atomic E-state index is 14.5. The van der Waals surface area contributed by atoms with Crippen LogP contribution in [0.15, 0.2) is 40.6 Å². The Morgan fingerprint density at radius 2 is 1.91 bits per heavy atom. The van der Waals surface area contributed by atoms with Crippen molar-refractivity contribution in [1.29, 1.82) is 0 Å². The molecule has 0 saturated carbocycles. The minimum Gasteiger partial charge on any atom is -0.454 e. The molecule has 3 aliphatic rings. The molecule has 3 atom stereocenters. The van der Waals surface area contributed by atoms with Crippen molar-refractivity contribution in [3.05, 3.63) is 52.6 Å². The highest BCUT2D eigenvalue weighted by Crippen LogP contribution is 2.60. The summed E-state index contributed by atoms with van der Waals surface area (Å²) in [6.07, 6.45) is -5.98. The Hall–Kier alpha value is -3.18. The van der Waals surface area contributed by atoms with Gasteiger partial charge in [-0.1, -0.05) is 26.0 Å². The third-order valence-electron chi connectivity index (χ3n) is 7.12. The molecule has 0 bridgehead atoms. The molecule has 3 N–H and O–H groups in total. The fourth-order valence-electron chi connectivity index (χ4n) is 5.49. The molecule has 1 aliphatic carbocycles. The van der Waals surface area contributed by atoms with Crippen LogP contribution in [0.5, 0.6) is 11.5 Å². The SMILES string of the molecule is CC1N=NC(=O)c2cccc(NCC3(O)c4ccc5c(c4C(C)(C)CC3(O)C(F)(F)F)OCO5)c21. The van der Waals surface area contributed by atoms with Gasteiger partial charge in [0.15, 0.2) is 17.1 Å². The Bertz CT molecular complexity index is 1260. The summed E-state index contributed by atoms with van der Waals surface area (Å²) < 4.78 is 54.4. The number of carbonyl (C=O) groups is 1. The smallest absolute Gasteiger partial charge is 0.420 e. The maximum absolute atomic E-state index is 14.5. The van der Waals surface area contributed by atoms with E-state index in [2.05, 4.69) is 15.5 Å². The van der Waals surface area contributed by atoms with Crippen molar-refractivity contribution >= 4 is 11.6 Å². The summed E-state index contributed by atoms with van der Waals surface area (Å²) in [5.74, 6) is 0.0519. The van der Waals surface area contributed by atoms with Gasteiger partial charge >= 0.3 is 6.18 Å². The molecule has 0 spiro atoms. The molecular weight excluding hydrogens is 467 g/mol. The fourth-order valence-corrected chi connectivity index (χ4v) is 5.49. The van der Waals surface area contributed by atoms with Crippen molar-refractivity contribution < 1.29 is 37.7 Å². The van der Waals surface area contributed by atoms with Crippen molar-refractivity contribution in [2.75, 3.05) is 18.7 Å². The third kappa shape index (κ3) is 3.24. The first-order chi connectivity index (χ1) is 16.3. The van der Waals surface area contributed by atoms with Crippen LogP contribution in [0.25, 0.3) is 0 Å². The standard InChI is InChI=1S/C24H24F3N3O5/c1-12-17-13(20(31)30-29-12)5-4-6-15(17)28-10-22(32)14-7-8-16-19(35-11-34-16)18(14)21(2,3)9-23(22,33)24(25,26)27/h4-8,12,28,32-33H,9-11H2,1-3H3. The van der Waals surface area contributed by atoms with Gasteiger partial charge in [0.25, 0.3) is 5.91 Å². The summed E-state index contributed by atoms with van der Waals surface area (Å²) in [6.45, 7) is 4.01. The number of carbonyl (C=O) groups excluding carboxylic acids is 1. The van der Waals surface area contributed by atoms with E-state index in [4.69, 9.17) is 9.47 Å². The van der Waals surface area contributed by atoms with E-state index in [1.807, 2.05) is 0 Å². The molecule has 186 valence electrons. The molecule has 0 fully saturated rings. The first-order valence-corrected chi connectivity index (χ1v) is 11.1. The molecule has 3 unspecified atom stereocenters. The molecule has 0 saturated heterocycles. The third-order valence-corrected chi connectivity index (χ3v) is 7.12. The van der Waals surface area contributed by atoms with Gasteiger partial charge < -0.3 is 25.0 Å². The molecular formula is C24H24F3N3O5. The normalized spacial score (nSPS) is 28.5. The van der Waals surface area contributed by atoms with Crippen LogP contribution in [0.3, 0.4) is 0 Å². The lowest BCUT2D eigenvalue weighted by molar-refractivity contribution is -0.330. The van der Waals surface area contributed by atoms with Gasteiger partial charge in [0, 0.05) is 16.8 Å². The molecule has 0 aromatic heterocycles. The fraction of sp³-hybridized carbons (Fsp3) is 0.458. The van der Waals surface area contributed by atoms with Crippen LogP contribution in [0.1, 0.15) is 60.3 Å². The highest BCUT2D eigenvalue weighted by molar-refractivity contribution is 5.98. The molecule has 2 aliphatic heterocycles. The van der Waals surface area contributed by atoms with Gasteiger partial charge in [-0.05, 0) is 42.5 Å². The molecule has 35 heavy (non-hydrogen) atoms. The summed E-state index contributed by atoms with van der Waals surface area (Å²) in [4.78, 5) is 12.2. The van der Waals surface area contributed by atoms with Crippen molar-refractivity contribution in [2.45, 2.75) is 56.0 Å². The van der Waals surface area contributed by atoms with Gasteiger partial charge in [0.2, 0.25) is 6.79 Å². The Morgan fingerprint density at radius 1 is 1.17 bits per heavy atom. The van der Waals surface area contributed by atoms with E-state index in [9.17, 15) is 28.2 Å². The summed E-state index contributed by atoms with van der Waals surface area (Å²) in [6, 6.07) is 6.92. The number of rotatable bonds is 3. The molecule has 11 heteroatoms. The predicted molar refractivity (Wildman–Crippen MR) is 118 cm³/mol. The molecule has 0 radical (unpaired) electrons. The number of halogens is 3. The van der Waals surface area contributed by atoms with Crippen LogP contribution in [-0.4, -0.2) is 41.2 Å². The van der Waals surface area contributed by atoms with E-state index in [1.165, 1.54) is 12.1 Å². The lowest BCUT2D eigenvalue weighted by Gasteiger charge is -2.53. The number of hydrogen-bond donors (Lipinski definition) is 3. The van der Waals surface area contributed by atoms with Crippen LogP contribution in [0.4, 0.5) is 18.9 Å². The van der Waals surface area contributed by atoms with Crippen LogP contribution >= 0.6 is 0 Å². The number of azo groups is 1. The number of ether oxygens (including phenoxy) is 2. The van der Waals surface area contributed by atoms with E-state index >= 15 is 0 Å². The topological polar surface area (TPSA) is 113 Å². The Morgan fingerprint density at radius 3 is 2.63 bits per heavy atom. The van der Waals surface area contributed by atoms with Crippen molar-refractivity contribution in [2.24, 2.45) is 10.2 Å². The summed E-state index contributed by atoms with van der Waals surface area (Å²) in [7, 11) is 0. The number of nitrogens with one attached hydrogen (secondary N) is 1. The molecule has 1 amide bonds. The zero-order valence-corrected chi connectivity index (χ0v) is 19.2. The number of amides is 1. The number of aliphatic hydroxyl groups is 2. The number of hydrogen-bond acceptors (Lipinski definition) is 7. The molecule has 2 heterocycles. The highest BCUT2D eigenvalue weighted by atomic mass is 19.4. The number of nitrogens with zero attached hydrogens (tertiary/aromatic N) is 2. The predicted octanol–water partition coefficient (Wildman–Crippen LogP) is 4.36. The number of anilines is 1. The molecule has 2 aromatic rings. The van der Waals surface area contributed by atoms with Crippen LogP contribution < -0.4 is 14.8 Å². The zero-order valence-electron chi connectivity index (χ0n) is 19.2. The number of benzene rings is 2. The quantitative estimate of drug-likeness (QED) is 0.588. The van der Waals surface area contributed by atoms with Crippen LogP contribution in [0, 0.1) is 0 Å². The monoisotopic (exact) mass is 491 g/mol. The lowest BCUT2D eigenvalue weighted by Crippen LogP contribution is -2.68. The first-order valence-electron chi connectivity index (χ1n) is 11.1. The van der Waals surface area contributed by atoms with E-state index in [1.54, 1.807) is 39.0 Å². The summed E-state index contributed by atoms with van der Waals surface area (Å²) in [5.41, 5.74) is -6.24. The summed E-state index contributed by atoms with van der Waals surface area (Å²) >= 11 is 0. The molecule has 2 aromatic carbocycles. The van der Waals surface area contributed by atoms with Crippen molar-refractivity contribution in [3.63, 3.8) is 0 Å². The second kappa shape index (κ2) is 7.41. The van der Waals surface area contributed by atoms with Gasteiger partial charge in [0.05, 0.1) is 18.2 Å². The first kappa shape index (κ1) is 23.6. The van der Waals surface area contributed by atoms with Gasteiger partial charge in [-0.2, -0.15) is 18.3 Å². The number of alkyl halides is 3. The second-order valence-corrected chi connectivity index (χ2v) is 9.82. The maximum Gasteiger partial charge on any atom is 0.420 e. The minimum atomic E-state index is -5.16. The van der Waals surface area contributed by atoms with Gasteiger partial charge in [0.1, 0.15) is 5.60 Å². The second-order valence-electron chi connectivity index (χ2n) is 9.82. The average molecular weight is 491 g/mol. The zero-order chi connectivity index (χ0) is 25.4. The average Bonchev–Trinajstić information content (AvgIpc) is 3.26. The van der Waals surface area contributed by atoms with Crippen molar-refractivity contribution in [3.8, 4) is 11.5 Å². The highest BCUT2D eigenvalue weighted by Gasteiger charge is 2.71. The van der Waals surface area contributed by atoms with Crippen LogP contribution in [0.2, 0.25) is 0 Å². The Kier molecular flexibility index (Phi) is 4.99. The molecule has 5 rings (SSSR count). The Labute approximate surface area is 198 Å². The number of fused-ring (bicyclic) bond motifs is 4. The van der Waals surface area contributed by atoms with Gasteiger partial charge in [-0.25, -0.2) is 0 Å². The van der Waals surface area contributed by atoms with Gasteiger partial charge in [-0.3, -0.25) is 4.79 Å². The Balaban J connectivity index is 1.65. The van der Waals surface area contributed by atoms with E-state index in [0.717, 1.165) is 0 Å². The van der Waals surface area contributed by atoms with E-state index < -0.39 is 47.7 Å². The van der Waals surface area contributed by atoms with Crippen molar-refractivity contribution in [1.82, 2.24) is 0 Å². The van der Waals surface area contributed by atoms with Crippen LogP contribution in [-0.2, 0) is 11.0 Å². The minimum absolute atomic E-state index is 0.0985. The van der Waals surface area contributed by atoms with E-state index in [0.29, 0.717) is 22.6 Å². The summed E-state index contributed by atoms with van der Waals surface area (Å²) in [5, 5.41) is 33.3. The van der Waals surface area contributed by atoms with Gasteiger partial charge in [-0.15, -0.1) is 5.11 Å². The molecule has 8 nitrogen and oxygen atoms in total. The largest absolute Gasteiger partial charge is 0.454 e. The lowest BCUT2D eigenvalue weighted by atomic mass is 9.58.